The molecule has 1 aromatic carbocycles. The molecule has 2 heteroatoms. The zero-order valence-electron chi connectivity index (χ0n) is 13.4. The van der Waals surface area contributed by atoms with Gasteiger partial charge in [0.25, 0.3) is 0 Å². The van der Waals surface area contributed by atoms with Gasteiger partial charge in [0.15, 0.2) is 0 Å². The molecule has 0 unspecified atom stereocenters. The fourth-order valence-corrected chi connectivity index (χ4v) is 0.881. The van der Waals surface area contributed by atoms with E-state index in [1.807, 2.05) is 39.8 Å². The summed E-state index contributed by atoms with van der Waals surface area (Å²) in [4.78, 5) is 1.03. The molecule has 0 N–H and O–H groups in total. The van der Waals surface area contributed by atoms with Crippen LogP contribution in [0.25, 0.3) is 0 Å². The van der Waals surface area contributed by atoms with Gasteiger partial charge in [-0.25, -0.2) is 0 Å². The van der Waals surface area contributed by atoms with Crippen molar-refractivity contribution in [3.05, 3.63) is 29.8 Å². The van der Waals surface area contributed by atoms with E-state index in [4.69, 9.17) is 0 Å². The average molecular weight is 289 g/mol. The maximum absolute atomic E-state index is 4.17. The normalized spacial score (nSPS) is 8.78. The van der Waals surface area contributed by atoms with Crippen LogP contribution in [0.2, 0.25) is 0 Å². The minimum absolute atomic E-state index is 0.194. The second-order valence-electron chi connectivity index (χ2n) is 4.19. The molecule has 1 rings (SSSR count). The van der Waals surface area contributed by atoms with Crippen molar-refractivity contribution < 1.29 is 0 Å². The molecule has 18 heavy (non-hydrogen) atoms. The van der Waals surface area contributed by atoms with Crippen molar-refractivity contribution in [3.63, 3.8) is 0 Å². The van der Waals surface area contributed by atoms with Crippen LogP contribution in [0.3, 0.4) is 0 Å². The van der Waals surface area contributed by atoms with Crippen LogP contribution in [0, 0.1) is 0 Å². The van der Waals surface area contributed by atoms with Gasteiger partial charge in [-0.3, -0.25) is 0 Å². The second kappa shape index (κ2) is 15.0. The molecule has 1 aromatic rings. The maximum atomic E-state index is 4.17. The molecule has 0 aliphatic rings. The van der Waals surface area contributed by atoms with Crippen molar-refractivity contribution in [2.75, 3.05) is 0 Å². The second-order valence-corrected chi connectivity index (χ2v) is 6.05. The summed E-state index contributed by atoms with van der Waals surface area (Å²) < 4.78 is 0.194. The zero-order valence-corrected chi connectivity index (χ0v) is 15.2. The van der Waals surface area contributed by atoms with E-state index >= 15 is 0 Å². The molecule has 0 fully saturated rings. The van der Waals surface area contributed by atoms with Gasteiger partial charge in [0, 0.05) is 9.64 Å². The molecule has 0 aromatic heterocycles. The van der Waals surface area contributed by atoms with Crippen LogP contribution in [0.15, 0.2) is 29.2 Å². The largest absolute Gasteiger partial charge is 0.173 e. The minimum Gasteiger partial charge on any atom is -0.173 e. The van der Waals surface area contributed by atoms with E-state index in [1.54, 1.807) is 0 Å². The Labute approximate surface area is 126 Å². The highest BCUT2D eigenvalue weighted by Crippen LogP contribution is 2.07. The predicted octanol–water partition coefficient (Wildman–Crippen LogP) is 6.30. The first-order valence-electron chi connectivity index (χ1n) is 6.83. The Morgan fingerprint density at radius 3 is 1.39 bits per heavy atom. The number of hydrogen-bond acceptors (Lipinski definition) is 2. The van der Waals surface area contributed by atoms with Crippen molar-refractivity contribution in [2.45, 2.75) is 71.5 Å². The van der Waals surface area contributed by atoms with Gasteiger partial charge in [0.2, 0.25) is 0 Å². The maximum Gasteiger partial charge on any atom is 0.00449 e. The monoisotopic (exact) mass is 288 g/mol. The highest BCUT2D eigenvalue weighted by molar-refractivity contribution is 7.81. The van der Waals surface area contributed by atoms with E-state index in [9.17, 15) is 0 Å². The molecular formula is C16H32S2. The van der Waals surface area contributed by atoms with Gasteiger partial charge in [0.05, 0.1) is 0 Å². The molecule has 0 saturated heterocycles. The smallest absolute Gasteiger partial charge is 0.00449 e. The molecule has 0 atom stereocenters. The highest BCUT2D eigenvalue weighted by atomic mass is 32.1. The number of thiol groups is 2. The molecule has 0 aliphatic carbocycles. The van der Waals surface area contributed by atoms with Gasteiger partial charge >= 0.3 is 0 Å². The summed E-state index contributed by atoms with van der Waals surface area (Å²) in [5.41, 5.74) is 1.37. The molecule has 0 spiro atoms. The van der Waals surface area contributed by atoms with Crippen LogP contribution in [-0.4, -0.2) is 4.75 Å². The first-order valence-corrected chi connectivity index (χ1v) is 7.72. The van der Waals surface area contributed by atoms with Gasteiger partial charge in [-0.1, -0.05) is 67.5 Å². The fraction of sp³-hybridized carbons (Fsp3) is 0.625. The lowest BCUT2D eigenvalue weighted by Crippen LogP contribution is -1.99. The van der Waals surface area contributed by atoms with Crippen molar-refractivity contribution >= 4 is 25.3 Å². The Hall–Kier alpha value is -0.0800. The molecule has 0 nitrogen and oxygen atoms in total. The SMILES string of the molecule is CC.CC.CC(C)(C)S.CCc1ccc(S)cc1. The quantitative estimate of drug-likeness (QED) is 0.556. The lowest BCUT2D eigenvalue weighted by Gasteiger charge is -2.04. The van der Waals surface area contributed by atoms with Crippen LogP contribution < -0.4 is 0 Å². The molecule has 0 radical (unpaired) electrons. The molecule has 0 amide bonds. The summed E-state index contributed by atoms with van der Waals surface area (Å²) in [6.45, 7) is 16.3. The number of rotatable bonds is 1. The van der Waals surface area contributed by atoms with Gasteiger partial charge < -0.3 is 0 Å². The van der Waals surface area contributed by atoms with Crippen molar-refractivity contribution in [2.24, 2.45) is 0 Å². The van der Waals surface area contributed by atoms with Crippen LogP contribution in [0.1, 0.15) is 61.0 Å². The summed E-state index contributed by atoms with van der Waals surface area (Å²) in [7, 11) is 0. The first-order chi connectivity index (χ1) is 8.33. The number of hydrogen-bond donors (Lipinski definition) is 2. The van der Waals surface area contributed by atoms with Crippen LogP contribution in [-0.2, 0) is 6.42 Å². The lowest BCUT2D eigenvalue weighted by molar-refractivity contribution is 0.812. The van der Waals surface area contributed by atoms with Gasteiger partial charge in [-0.05, 0) is 24.1 Å². The van der Waals surface area contributed by atoms with Crippen molar-refractivity contribution in [1.82, 2.24) is 0 Å². The van der Waals surface area contributed by atoms with E-state index in [0.29, 0.717) is 0 Å². The van der Waals surface area contributed by atoms with Crippen molar-refractivity contribution in [1.29, 1.82) is 0 Å². The molecule has 0 saturated carbocycles. The van der Waals surface area contributed by atoms with E-state index in [-0.39, 0.29) is 4.75 Å². The Kier molecular flexibility index (Phi) is 19.2. The minimum atomic E-state index is 0.194. The average Bonchev–Trinajstić information content (AvgIpc) is 2.33. The van der Waals surface area contributed by atoms with E-state index < -0.39 is 0 Å². The van der Waals surface area contributed by atoms with Gasteiger partial charge in [-0.15, -0.1) is 12.6 Å². The third kappa shape index (κ3) is 24.9. The summed E-state index contributed by atoms with van der Waals surface area (Å²) >= 11 is 8.29. The predicted molar refractivity (Wildman–Crippen MR) is 94.5 cm³/mol. The van der Waals surface area contributed by atoms with E-state index in [2.05, 4.69) is 65.1 Å². The Morgan fingerprint density at radius 2 is 1.17 bits per heavy atom. The molecule has 0 aliphatic heterocycles. The van der Waals surface area contributed by atoms with Crippen LogP contribution >= 0.6 is 25.3 Å². The fourth-order valence-electron chi connectivity index (χ4n) is 0.732. The third-order valence-corrected chi connectivity index (χ3v) is 1.64. The first kappa shape index (κ1) is 23.0. The molecular weight excluding hydrogens is 256 g/mol. The topological polar surface area (TPSA) is 0 Å². The molecule has 108 valence electrons. The van der Waals surface area contributed by atoms with E-state index in [1.165, 1.54) is 5.56 Å². The molecule has 0 heterocycles. The number of benzene rings is 1. The van der Waals surface area contributed by atoms with Crippen molar-refractivity contribution in [3.8, 4) is 0 Å². The molecule has 0 bridgehead atoms. The summed E-state index contributed by atoms with van der Waals surface area (Å²) in [6, 6.07) is 8.23. The Morgan fingerprint density at radius 1 is 0.889 bits per heavy atom. The van der Waals surface area contributed by atoms with Crippen LogP contribution in [0.4, 0.5) is 0 Å². The van der Waals surface area contributed by atoms with Gasteiger partial charge in [0.1, 0.15) is 0 Å². The van der Waals surface area contributed by atoms with Gasteiger partial charge in [-0.2, -0.15) is 12.6 Å². The van der Waals surface area contributed by atoms with Crippen LogP contribution in [0.5, 0.6) is 0 Å². The summed E-state index contributed by atoms with van der Waals surface area (Å²) in [5.74, 6) is 0. The zero-order chi connectivity index (χ0) is 15.2. The van der Waals surface area contributed by atoms with E-state index in [0.717, 1.165) is 11.3 Å². The third-order valence-electron chi connectivity index (χ3n) is 1.34. The Bertz CT molecular complexity index is 239. The standard InChI is InChI=1S/C8H10S.C4H10S.2C2H6/c1-2-7-3-5-8(9)6-4-7;1-4(2,3)5;2*1-2/h3-6,9H,2H2,1H3;5H,1-3H3;2*1-2H3. The lowest BCUT2D eigenvalue weighted by atomic mass is 10.2. The number of aryl methyl sites for hydroxylation is 1. The highest BCUT2D eigenvalue weighted by Gasteiger charge is 1.96. The summed E-state index contributed by atoms with van der Waals surface area (Å²) in [5, 5.41) is 0. The summed E-state index contributed by atoms with van der Waals surface area (Å²) in [6.07, 6.45) is 1.11. The Balaban J connectivity index is -0.000000215.